The quantitative estimate of drug-likeness (QED) is 0.367. The van der Waals surface area contributed by atoms with Gasteiger partial charge in [0.05, 0.1) is 0 Å². The maximum atomic E-state index is 4.41. The topological polar surface area (TPSA) is 69.7 Å². The molecule has 2 heterocycles. The van der Waals surface area contributed by atoms with Crippen molar-refractivity contribution in [1.29, 1.82) is 0 Å². The maximum absolute atomic E-state index is 4.41. The largest absolute Gasteiger partial charge is 0.348 e. The molecule has 0 amide bonds. The van der Waals surface area contributed by atoms with Crippen LogP contribution in [0, 0.1) is 0 Å². The van der Waals surface area contributed by atoms with Gasteiger partial charge in [0.25, 0.3) is 0 Å². The summed E-state index contributed by atoms with van der Waals surface area (Å²) in [6.07, 6.45) is 14.4. The molecule has 1 radical (unpaired) electrons. The van der Waals surface area contributed by atoms with E-state index in [4.69, 9.17) is 0 Å². The second-order valence-electron chi connectivity index (χ2n) is 6.28. The van der Waals surface area contributed by atoms with Crippen LogP contribution in [-0.2, 0) is 0 Å². The normalized spacial score (nSPS) is 17.5. The number of halogens is 2. The van der Waals surface area contributed by atoms with Gasteiger partial charge in [0.2, 0.25) is 0 Å². The first-order chi connectivity index (χ1) is 12.2. The fourth-order valence-corrected chi connectivity index (χ4v) is 4.02. The molecule has 2 N–H and O–H groups in total. The zero-order valence-corrected chi connectivity index (χ0v) is 18.2. The number of imidazole rings is 2. The van der Waals surface area contributed by atoms with Crippen molar-refractivity contribution in [3.63, 3.8) is 0 Å². The molecule has 5 nitrogen and oxygen atoms in total. The van der Waals surface area contributed by atoms with E-state index in [1.165, 1.54) is 57.2 Å². The zero-order valence-electron chi connectivity index (χ0n) is 14.1. The van der Waals surface area contributed by atoms with Gasteiger partial charge in [-0.2, -0.15) is 0 Å². The average Bonchev–Trinajstić information content (AvgIpc) is 3.39. The van der Waals surface area contributed by atoms with Crippen LogP contribution in [0.3, 0.4) is 0 Å². The van der Waals surface area contributed by atoms with Crippen molar-refractivity contribution in [3.8, 4) is 0 Å². The Morgan fingerprint density at radius 1 is 1.04 bits per heavy atom. The smallest absolute Gasteiger partial charge is 0.109 e. The standard InChI is InChI=1S/C8H10Br2N2.C8H12N2.BHNS/c9-6-7(10)12-8(11-6)5-3-1-2-4-5;1-2-4-7(3-1)8-9-5-6-10-8;1-2-3/h5H,1-4H2,(H,11,12);5-7H,1-4H2,(H,9,10);3H. The van der Waals surface area contributed by atoms with Gasteiger partial charge < -0.3 is 9.97 Å². The van der Waals surface area contributed by atoms with Crippen LogP contribution in [0.5, 0.6) is 0 Å². The predicted molar refractivity (Wildman–Crippen MR) is 112 cm³/mol. The summed E-state index contributed by atoms with van der Waals surface area (Å²) in [6.45, 7) is 0. The Balaban J connectivity index is 0.000000158. The SMILES string of the molecule is Brc1nc(C2CCCC2)[nH]c1Br.[B]=NS.c1c[nH]c(C2CCCC2)n1. The number of hydrogen-bond acceptors (Lipinski definition) is 4. The number of hydrogen-bond donors (Lipinski definition) is 3. The minimum absolute atomic E-state index is 0.660. The first kappa shape index (κ1) is 20.9. The van der Waals surface area contributed by atoms with Crippen LogP contribution >= 0.6 is 44.7 Å². The maximum Gasteiger partial charge on any atom is 0.109 e. The average molecular weight is 488 g/mol. The second-order valence-corrected chi connectivity index (χ2v) is 8.05. The molecular weight excluding hydrogens is 465 g/mol. The summed E-state index contributed by atoms with van der Waals surface area (Å²) < 4.78 is 4.55. The van der Waals surface area contributed by atoms with E-state index in [9.17, 15) is 0 Å². The monoisotopic (exact) mass is 486 g/mol. The van der Waals surface area contributed by atoms with E-state index in [0.717, 1.165) is 20.9 Å². The van der Waals surface area contributed by atoms with Crippen LogP contribution in [0.4, 0.5) is 0 Å². The van der Waals surface area contributed by atoms with Crippen molar-refractivity contribution in [2.45, 2.75) is 63.2 Å². The number of nitrogens with one attached hydrogen (secondary N) is 2. The molecule has 2 aliphatic rings. The fraction of sp³-hybridized carbons (Fsp3) is 0.625. The number of nitrogens with zero attached hydrogens (tertiary/aromatic N) is 3. The van der Waals surface area contributed by atoms with Gasteiger partial charge in [-0.05, 0) is 57.5 Å². The van der Waals surface area contributed by atoms with Gasteiger partial charge in [-0.1, -0.05) is 25.7 Å². The summed E-state index contributed by atoms with van der Waals surface area (Å²) >= 11 is 9.96. The van der Waals surface area contributed by atoms with E-state index < -0.39 is 0 Å². The molecule has 0 saturated heterocycles. The molecule has 2 aliphatic carbocycles. The van der Waals surface area contributed by atoms with Crippen LogP contribution in [0.15, 0.2) is 25.9 Å². The molecule has 2 aromatic heterocycles. The molecule has 0 atom stereocenters. The molecule has 25 heavy (non-hydrogen) atoms. The van der Waals surface area contributed by atoms with Crippen molar-refractivity contribution in [2.24, 2.45) is 4.30 Å². The van der Waals surface area contributed by atoms with Crippen molar-refractivity contribution < 1.29 is 0 Å². The molecule has 2 saturated carbocycles. The van der Waals surface area contributed by atoms with E-state index in [-0.39, 0.29) is 0 Å². The molecule has 0 aromatic carbocycles. The van der Waals surface area contributed by atoms with Gasteiger partial charge in [0.15, 0.2) is 0 Å². The first-order valence-electron chi connectivity index (χ1n) is 8.60. The summed E-state index contributed by atoms with van der Waals surface area (Å²) in [5.41, 5.74) is 0. The minimum Gasteiger partial charge on any atom is -0.348 e. The van der Waals surface area contributed by atoms with Crippen molar-refractivity contribution in [1.82, 2.24) is 19.9 Å². The summed E-state index contributed by atoms with van der Waals surface area (Å²) in [5.74, 6) is 3.71. The Hall–Kier alpha value is -0.405. The fourth-order valence-electron chi connectivity index (χ4n) is 3.44. The van der Waals surface area contributed by atoms with Gasteiger partial charge in [-0.25, -0.2) is 9.97 Å². The first-order valence-corrected chi connectivity index (χ1v) is 10.6. The predicted octanol–water partition coefficient (Wildman–Crippen LogP) is 5.84. The number of H-pyrrole nitrogens is 2. The van der Waals surface area contributed by atoms with E-state index in [2.05, 4.69) is 76.5 Å². The summed E-state index contributed by atoms with van der Waals surface area (Å²) in [4.78, 5) is 15.1. The Labute approximate surface area is 172 Å². The van der Waals surface area contributed by atoms with Crippen LogP contribution < -0.4 is 0 Å². The Morgan fingerprint density at radius 3 is 1.96 bits per heavy atom. The van der Waals surface area contributed by atoms with Gasteiger partial charge in [0, 0.05) is 24.2 Å². The number of thiol groups is 1. The number of aromatic nitrogens is 4. The van der Waals surface area contributed by atoms with E-state index in [0.29, 0.717) is 5.92 Å². The molecule has 2 aromatic rings. The van der Waals surface area contributed by atoms with Crippen molar-refractivity contribution >= 4 is 52.3 Å². The third kappa shape index (κ3) is 6.68. The molecule has 2 fully saturated rings. The zero-order chi connectivity index (χ0) is 18.1. The molecule has 0 unspecified atom stereocenters. The summed E-state index contributed by atoms with van der Waals surface area (Å²) in [7, 11) is 4.34. The Bertz CT molecular complexity index is 603. The Morgan fingerprint density at radius 2 is 1.56 bits per heavy atom. The van der Waals surface area contributed by atoms with Gasteiger partial charge in [-0.3, -0.25) is 0 Å². The molecule has 0 spiro atoms. The second kappa shape index (κ2) is 11.3. The molecular formula is C16H23BBr2N5S. The summed E-state index contributed by atoms with van der Waals surface area (Å²) in [5, 5.41) is 0. The molecule has 4 rings (SSSR count). The van der Waals surface area contributed by atoms with Crippen LogP contribution in [0.2, 0.25) is 0 Å². The molecule has 9 heteroatoms. The van der Waals surface area contributed by atoms with Gasteiger partial charge in [0.1, 0.15) is 20.9 Å². The third-order valence-electron chi connectivity index (χ3n) is 4.64. The molecule has 135 valence electrons. The van der Waals surface area contributed by atoms with Crippen LogP contribution in [0.25, 0.3) is 0 Å². The third-order valence-corrected chi connectivity index (χ3v) is 6.32. The van der Waals surface area contributed by atoms with Crippen LogP contribution in [0.1, 0.15) is 74.9 Å². The molecule has 0 bridgehead atoms. The minimum atomic E-state index is 0.660. The Kier molecular flexibility index (Phi) is 9.48. The summed E-state index contributed by atoms with van der Waals surface area (Å²) in [6, 6.07) is 0. The number of rotatable bonds is 2. The van der Waals surface area contributed by atoms with E-state index in [1.807, 2.05) is 12.4 Å². The van der Waals surface area contributed by atoms with Gasteiger partial charge in [-0.15, -0.1) is 0 Å². The number of aromatic amines is 2. The van der Waals surface area contributed by atoms with E-state index >= 15 is 0 Å². The van der Waals surface area contributed by atoms with Crippen LogP contribution in [-0.4, -0.2) is 27.6 Å². The van der Waals surface area contributed by atoms with Crippen molar-refractivity contribution in [3.05, 3.63) is 33.2 Å². The van der Waals surface area contributed by atoms with Crippen molar-refractivity contribution in [2.75, 3.05) is 0 Å². The van der Waals surface area contributed by atoms with E-state index in [1.54, 1.807) is 0 Å². The van der Waals surface area contributed by atoms with Gasteiger partial charge >= 0.3 is 24.8 Å². The molecule has 0 aliphatic heterocycles.